The van der Waals surface area contributed by atoms with Crippen molar-refractivity contribution in [2.24, 2.45) is 0 Å². The van der Waals surface area contributed by atoms with E-state index in [0.29, 0.717) is 19.6 Å². The summed E-state index contributed by atoms with van der Waals surface area (Å²) in [6.45, 7) is 3.19. The maximum atomic E-state index is 13.6. The first-order valence-electron chi connectivity index (χ1n) is 13.6. The second-order valence-corrected chi connectivity index (χ2v) is 11.3. The van der Waals surface area contributed by atoms with Gasteiger partial charge in [-0.1, -0.05) is 72.8 Å². The highest BCUT2D eigenvalue weighted by Gasteiger charge is 2.29. The lowest BCUT2D eigenvalue weighted by Crippen LogP contribution is -2.49. The Balaban J connectivity index is 1.38. The molecule has 0 spiro atoms. The van der Waals surface area contributed by atoms with Gasteiger partial charge >= 0.3 is 13.9 Å². The van der Waals surface area contributed by atoms with E-state index >= 15 is 0 Å². The third kappa shape index (κ3) is 9.73. The highest BCUT2D eigenvalue weighted by molar-refractivity contribution is 7.48. The summed E-state index contributed by atoms with van der Waals surface area (Å²) >= 11 is 0. The summed E-state index contributed by atoms with van der Waals surface area (Å²) in [5.41, 5.74) is 2.36. The Labute approximate surface area is 245 Å². The molecule has 3 aromatic carbocycles. The van der Waals surface area contributed by atoms with E-state index in [0.717, 1.165) is 16.7 Å². The van der Waals surface area contributed by atoms with Gasteiger partial charge in [-0.05, 0) is 28.8 Å². The molecule has 1 saturated heterocycles. The minimum atomic E-state index is -4.03. The molecule has 0 saturated carbocycles. The van der Waals surface area contributed by atoms with Crippen LogP contribution in [0.15, 0.2) is 84.9 Å². The molecule has 12 heteroatoms. The minimum Gasteiger partial charge on any atom is -0.404 e. The number of amides is 4. The number of nitrogens with zero attached hydrogens (tertiary/aromatic N) is 1. The number of phosphoric acid groups is 1. The molecule has 42 heavy (non-hydrogen) atoms. The predicted octanol–water partition coefficient (Wildman–Crippen LogP) is 3.80. The lowest BCUT2D eigenvalue weighted by Gasteiger charge is -2.20. The fourth-order valence-corrected chi connectivity index (χ4v) is 5.39. The molecule has 3 N–H and O–H groups in total. The van der Waals surface area contributed by atoms with Gasteiger partial charge in [-0.15, -0.1) is 0 Å². The Morgan fingerprint density at radius 3 is 2.02 bits per heavy atom. The van der Waals surface area contributed by atoms with E-state index in [1.807, 2.05) is 60.7 Å². The number of hydrogen-bond acceptors (Lipinski definition) is 7. The van der Waals surface area contributed by atoms with Crippen LogP contribution in [0.1, 0.15) is 23.6 Å². The first-order chi connectivity index (χ1) is 20.3. The van der Waals surface area contributed by atoms with E-state index in [4.69, 9.17) is 13.6 Å². The van der Waals surface area contributed by atoms with Crippen LogP contribution in [-0.2, 0) is 42.8 Å². The van der Waals surface area contributed by atoms with Crippen molar-refractivity contribution in [3.8, 4) is 5.75 Å². The largest absolute Gasteiger partial charge is 0.530 e. The molecule has 11 nitrogen and oxygen atoms in total. The zero-order valence-electron chi connectivity index (χ0n) is 23.4. The highest BCUT2D eigenvalue weighted by atomic mass is 31.2. The first-order valence-corrected chi connectivity index (χ1v) is 15.1. The van der Waals surface area contributed by atoms with Crippen LogP contribution in [0.2, 0.25) is 0 Å². The summed E-state index contributed by atoms with van der Waals surface area (Å²) in [4.78, 5) is 37.9. The molecule has 0 aliphatic carbocycles. The van der Waals surface area contributed by atoms with Crippen LogP contribution >= 0.6 is 7.82 Å². The molecular weight excluding hydrogens is 559 g/mol. The number of urea groups is 1. The van der Waals surface area contributed by atoms with Crippen LogP contribution in [0.3, 0.4) is 0 Å². The van der Waals surface area contributed by atoms with Crippen molar-refractivity contribution in [2.75, 3.05) is 26.2 Å². The molecular formula is C30H35N4O7P. The summed E-state index contributed by atoms with van der Waals surface area (Å²) in [5.74, 6) is -0.452. The number of carbonyl (C=O) groups excluding carboxylic acids is 3. The Hall–Kier alpha value is -4.18. The van der Waals surface area contributed by atoms with E-state index in [1.165, 1.54) is 6.92 Å². The molecule has 1 heterocycles. The zero-order valence-corrected chi connectivity index (χ0v) is 24.3. The molecule has 1 atom stereocenters. The normalized spacial score (nSPS) is 13.7. The molecule has 0 unspecified atom stereocenters. The quantitative estimate of drug-likeness (QED) is 0.228. The van der Waals surface area contributed by atoms with Gasteiger partial charge in [-0.2, -0.15) is 0 Å². The van der Waals surface area contributed by atoms with Crippen LogP contribution in [0, 0.1) is 0 Å². The van der Waals surface area contributed by atoms with E-state index in [-0.39, 0.29) is 49.8 Å². The standard InChI is InChI=1S/C30H35N4O7P/c1-23(35)33-28(29(36)31-16-18-34-19-17-32-30(34)37)20-24-12-14-27(15-13-24)41-42(38,39-21-25-8-4-2-5-9-25)40-22-26-10-6-3-7-11-26/h2-15,28H,16-22H2,1H3,(H,31,36)(H,32,37)(H,33,35)/t28-/m0/s1. The van der Waals surface area contributed by atoms with Gasteiger partial charge in [-0.3, -0.25) is 18.6 Å². The molecule has 4 rings (SSSR count). The summed E-state index contributed by atoms with van der Waals surface area (Å²) in [5, 5.41) is 8.17. The Morgan fingerprint density at radius 1 is 0.905 bits per heavy atom. The summed E-state index contributed by atoms with van der Waals surface area (Å²) < 4.78 is 30.7. The van der Waals surface area contributed by atoms with E-state index in [9.17, 15) is 18.9 Å². The van der Waals surface area contributed by atoms with Gasteiger partial charge in [0.05, 0.1) is 13.2 Å². The van der Waals surface area contributed by atoms with Crippen LogP contribution in [0.25, 0.3) is 0 Å². The average Bonchev–Trinajstić information content (AvgIpc) is 3.41. The summed E-state index contributed by atoms with van der Waals surface area (Å²) in [7, 11) is -4.03. The van der Waals surface area contributed by atoms with E-state index in [2.05, 4.69) is 16.0 Å². The van der Waals surface area contributed by atoms with Crippen molar-refractivity contribution in [1.82, 2.24) is 20.9 Å². The van der Waals surface area contributed by atoms with Crippen LogP contribution in [0.5, 0.6) is 5.75 Å². The van der Waals surface area contributed by atoms with Gasteiger partial charge in [0, 0.05) is 39.5 Å². The Bertz CT molecular complexity index is 1330. The van der Waals surface area contributed by atoms with Crippen molar-refractivity contribution < 1.29 is 32.5 Å². The van der Waals surface area contributed by atoms with Crippen molar-refractivity contribution in [3.05, 3.63) is 102 Å². The number of carbonyl (C=O) groups is 3. The van der Waals surface area contributed by atoms with Gasteiger partial charge < -0.3 is 25.4 Å². The van der Waals surface area contributed by atoms with Gasteiger partial charge in [0.15, 0.2) is 0 Å². The monoisotopic (exact) mass is 594 g/mol. The molecule has 1 fully saturated rings. The third-order valence-electron chi connectivity index (χ3n) is 6.36. The fraction of sp³-hybridized carbons (Fsp3) is 0.300. The molecule has 3 aromatic rings. The van der Waals surface area contributed by atoms with Crippen molar-refractivity contribution in [1.29, 1.82) is 0 Å². The third-order valence-corrected chi connectivity index (χ3v) is 7.69. The second-order valence-electron chi connectivity index (χ2n) is 9.67. The second kappa shape index (κ2) is 15.2. The number of benzene rings is 3. The maximum absolute atomic E-state index is 13.6. The highest BCUT2D eigenvalue weighted by Crippen LogP contribution is 2.51. The Kier molecular flexibility index (Phi) is 11.1. The van der Waals surface area contributed by atoms with Crippen molar-refractivity contribution in [2.45, 2.75) is 32.6 Å². The molecule has 1 aliphatic rings. The fourth-order valence-electron chi connectivity index (χ4n) is 4.21. The molecule has 0 bridgehead atoms. The van der Waals surface area contributed by atoms with Gasteiger partial charge in [0.1, 0.15) is 11.8 Å². The maximum Gasteiger partial charge on any atom is 0.530 e. The number of hydrogen-bond donors (Lipinski definition) is 3. The first kappa shape index (κ1) is 30.8. The number of rotatable bonds is 15. The molecule has 0 aromatic heterocycles. The van der Waals surface area contributed by atoms with E-state index < -0.39 is 13.9 Å². The molecule has 4 amide bonds. The smallest absolute Gasteiger partial charge is 0.404 e. The van der Waals surface area contributed by atoms with E-state index in [1.54, 1.807) is 29.2 Å². The SMILES string of the molecule is CC(=O)N[C@@H](Cc1ccc(OP(=O)(OCc2ccccc2)OCc2ccccc2)cc1)C(=O)NCCN1CCNC1=O. The van der Waals surface area contributed by atoms with Crippen LogP contribution in [0.4, 0.5) is 4.79 Å². The average molecular weight is 595 g/mol. The number of phosphoric ester groups is 1. The molecule has 1 aliphatic heterocycles. The molecule has 0 radical (unpaired) electrons. The minimum absolute atomic E-state index is 0.0287. The molecule has 222 valence electrons. The summed E-state index contributed by atoms with van der Waals surface area (Å²) in [6, 6.07) is 24.2. The van der Waals surface area contributed by atoms with Crippen LogP contribution < -0.4 is 20.5 Å². The lowest BCUT2D eigenvalue weighted by molar-refractivity contribution is -0.128. The topological polar surface area (TPSA) is 135 Å². The Morgan fingerprint density at radius 2 is 1.50 bits per heavy atom. The van der Waals surface area contributed by atoms with Crippen molar-refractivity contribution >= 4 is 25.7 Å². The van der Waals surface area contributed by atoms with Gasteiger partial charge in [0.2, 0.25) is 11.8 Å². The van der Waals surface area contributed by atoms with Gasteiger partial charge in [0.25, 0.3) is 0 Å². The zero-order chi connectivity index (χ0) is 29.8. The van der Waals surface area contributed by atoms with Gasteiger partial charge in [-0.25, -0.2) is 9.36 Å². The van der Waals surface area contributed by atoms with Crippen LogP contribution in [-0.4, -0.2) is 55.0 Å². The summed E-state index contributed by atoms with van der Waals surface area (Å²) in [6.07, 6.45) is 0.211. The predicted molar refractivity (Wildman–Crippen MR) is 156 cm³/mol. The number of nitrogens with one attached hydrogen (secondary N) is 3. The lowest BCUT2D eigenvalue weighted by atomic mass is 10.0. The van der Waals surface area contributed by atoms with Crippen molar-refractivity contribution in [3.63, 3.8) is 0 Å².